The van der Waals surface area contributed by atoms with Gasteiger partial charge in [0.05, 0.1) is 14.2 Å². The Morgan fingerprint density at radius 2 is 1.86 bits per heavy atom. The molecule has 4 rings (SSSR count). The van der Waals surface area contributed by atoms with Crippen molar-refractivity contribution >= 4 is 16.9 Å². The van der Waals surface area contributed by atoms with Gasteiger partial charge < -0.3 is 23.2 Å². The van der Waals surface area contributed by atoms with Gasteiger partial charge >= 0.3 is 5.97 Å². The predicted octanol–water partition coefficient (Wildman–Crippen LogP) is 4.46. The summed E-state index contributed by atoms with van der Waals surface area (Å²) in [5, 5.41) is 4.90. The van der Waals surface area contributed by atoms with Gasteiger partial charge in [0.2, 0.25) is 5.76 Å². The summed E-state index contributed by atoms with van der Waals surface area (Å²) in [5.41, 5.74) is 1.52. The number of rotatable bonds is 6. The van der Waals surface area contributed by atoms with Crippen LogP contribution >= 0.6 is 0 Å². The van der Waals surface area contributed by atoms with E-state index in [-0.39, 0.29) is 6.61 Å². The fourth-order valence-corrected chi connectivity index (χ4v) is 2.78. The summed E-state index contributed by atoms with van der Waals surface area (Å²) in [7, 11) is 3.01. The van der Waals surface area contributed by atoms with E-state index in [0.29, 0.717) is 34.3 Å². The fourth-order valence-electron chi connectivity index (χ4n) is 2.78. The first kappa shape index (κ1) is 17.7. The zero-order chi connectivity index (χ0) is 19.5. The van der Waals surface area contributed by atoms with Crippen LogP contribution in [-0.4, -0.2) is 25.3 Å². The van der Waals surface area contributed by atoms with Gasteiger partial charge in [0.1, 0.15) is 34.9 Å². The molecule has 0 fully saturated rings. The topological polar surface area (TPSA) is 83.9 Å². The lowest BCUT2D eigenvalue weighted by Gasteiger charge is -2.09. The summed E-state index contributed by atoms with van der Waals surface area (Å²) < 4.78 is 26.7. The number of benzene rings is 2. The van der Waals surface area contributed by atoms with E-state index in [9.17, 15) is 4.79 Å². The Balaban J connectivity index is 1.46. The van der Waals surface area contributed by atoms with Gasteiger partial charge in [0, 0.05) is 17.5 Å². The van der Waals surface area contributed by atoms with E-state index in [4.69, 9.17) is 23.2 Å². The predicted molar refractivity (Wildman–Crippen MR) is 100 cm³/mol. The molecule has 0 amide bonds. The summed E-state index contributed by atoms with van der Waals surface area (Å²) in [6.07, 6.45) is 0. The number of carbonyl (C=O) groups is 1. The van der Waals surface area contributed by atoms with Crippen LogP contribution in [-0.2, 0) is 11.3 Å². The van der Waals surface area contributed by atoms with Crippen molar-refractivity contribution in [2.24, 2.45) is 0 Å². The maximum atomic E-state index is 12.4. The molecule has 2 heterocycles. The Kier molecular flexibility index (Phi) is 4.72. The SMILES string of the molecule is COc1ccc(C(=O)OCc2cc(-c3cc4ccccc4o3)on2)c(OC)c1. The van der Waals surface area contributed by atoms with Gasteiger partial charge in [0.15, 0.2) is 5.76 Å². The van der Waals surface area contributed by atoms with E-state index >= 15 is 0 Å². The normalized spacial score (nSPS) is 10.8. The molecule has 0 aliphatic heterocycles. The van der Waals surface area contributed by atoms with Gasteiger partial charge in [-0.2, -0.15) is 0 Å². The summed E-state index contributed by atoms with van der Waals surface area (Å²) in [6.45, 7) is -0.0439. The van der Waals surface area contributed by atoms with E-state index < -0.39 is 5.97 Å². The van der Waals surface area contributed by atoms with E-state index in [1.165, 1.54) is 14.2 Å². The lowest BCUT2D eigenvalue weighted by atomic mass is 10.2. The molecule has 2 aromatic carbocycles. The number of hydrogen-bond donors (Lipinski definition) is 0. The van der Waals surface area contributed by atoms with Crippen LogP contribution in [0.1, 0.15) is 16.1 Å². The largest absolute Gasteiger partial charge is 0.497 e. The van der Waals surface area contributed by atoms with Gasteiger partial charge in [-0.3, -0.25) is 0 Å². The molecular formula is C21H17NO6. The Morgan fingerprint density at radius 3 is 2.64 bits per heavy atom. The van der Waals surface area contributed by atoms with Crippen LogP contribution in [0.2, 0.25) is 0 Å². The molecule has 7 nitrogen and oxygen atoms in total. The highest BCUT2D eigenvalue weighted by atomic mass is 16.5. The summed E-state index contributed by atoms with van der Waals surface area (Å²) in [4.78, 5) is 12.4. The smallest absolute Gasteiger partial charge is 0.342 e. The second kappa shape index (κ2) is 7.48. The van der Waals surface area contributed by atoms with E-state index in [2.05, 4.69) is 5.16 Å². The Labute approximate surface area is 160 Å². The first-order valence-corrected chi connectivity index (χ1v) is 8.51. The molecule has 0 saturated heterocycles. The Bertz CT molecular complexity index is 1090. The van der Waals surface area contributed by atoms with Crippen LogP contribution in [0.15, 0.2) is 63.5 Å². The lowest BCUT2D eigenvalue weighted by molar-refractivity contribution is 0.0460. The third kappa shape index (κ3) is 3.42. The molecule has 142 valence electrons. The first-order valence-electron chi connectivity index (χ1n) is 8.51. The number of methoxy groups -OCH3 is 2. The molecule has 0 atom stereocenters. The summed E-state index contributed by atoms with van der Waals surface area (Å²) in [5.74, 6) is 1.44. The van der Waals surface area contributed by atoms with Crippen molar-refractivity contribution in [3.8, 4) is 23.0 Å². The van der Waals surface area contributed by atoms with Crippen LogP contribution < -0.4 is 9.47 Å². The number of carbonyl (C=O) groups excluding carboxylic acids is 1. The lowest BCUT2D eigenvalue weighted by Crippen LogP contribution is -2.07. The Morgan fingerprint density at radius 1 is 1.00 bits per heavy atom. The average molecular weight is 379 g/mol. The number of aromatic nitrogens is 1. The molecular weight excluding hydrogens is 362 g/mol. The number of hydrogen-bond acceptors (Lipinski definition) is 7. The van der Waals surface area contributed by atoms with Crippen molar-refractivity contribution < 1.29 is 27.9 Å². The van der Waals surface area contributed by atoms with Gasteiger partial charge in [-0.25, -0.2) is 4.79 Å². The molecule has 7 heteroatoms. The van der Waals surface area contributed by atoms with Crippen molar-refractivity contribution in [3.63, 3.8) is 0 Å². The van der Waals surface area contributed by atoms with Gasteiger partial charge in [0.25, 0.3) is 0 Å². The standard InChI is InChI=1S/C21H17NO6/c1-24-15-7-8-16(18(11-15)25-2)21(23)26-12-14-10-20(28-22-14)19-9-13-5-3-4-6-17(13)27-19/h3-11H,12H2,1-2H3. The molecule has 0 unspecified atom stereocenters. The van der Waals surface area contributed by atoms with E-state index in [1.54, 1.807) is 24.3 Å². The summed E-state index contributed by atoms with van der Waals surface area (Å²) >= 11 is 0. The summed E-state index contributed by atoms with van der Waals surface area (Å²) in [6, 6.07) is 16.1. The van der Waals surface area contributed by atoms with Crippen molar-refractivity contribution in [1.82, 2.24) is 5.16 Å². The van der Waals surface area contributed by atoms with Gasteiger partial charge in [-0.1, -0.05) is 23.4 Å². The maximum absolute atomic E-state index is 12.4. The zero-order valence-corrected chi connectivity index (χ0v) is 15.3. The minimum Gasteiger partial charge on any atom is -0.497 e. The molecule has 0 radical (unpaired) electrons. The van der Waals surface area contributed by atoms with Crippen molar-refractivity contribution in [2.45, 2.75) is 6.61 Å². The minimum absolute atomic E-state index is 0.0439. The highest BCUT2D eigenvalue weighted by Crippen LogP contribution is 2.29. The van der Waals surface area contributed by atoms with Gasteiger partial charge in [-0.15, -0.1) is 0 Å². The third-order valence-corrected chi connectivity index (χ3v) is 4.21. The number of para-hydroxylation sites is 1. The minimum atomic E-state index is -0.534. The van der Waals surface area contributed by atoms with Crippen LogP contribution in [0.4, 0.5) is 0 Å². The monoisotopic (exact) mass is 379 g/mol. The quantitative estimate of drug-likeness (QED) is 0.457. The molecule has 2 aromatic heterocycles. The molecule has 0 N–H and O–H groups in total. The van der Waals surface area contributed by atoms with Crippen molar-refractivity contribution in [1.29, 1.82) is 0 Å². The number of ether oxygens (including phenoxy) is 3. The number of furan rings is 1. The molecule has 0 saturated carbocycles. The second-order valence-electron chi connectivity index (χ2n) is 5.97. The van der Waals surface area contributed by atoms with Crippen LogP contribution in [0.5, 0.6) is 11.5 Å². The molecule has 0 bridgehead atoms. The third-order valence-electron chi connectivity index (χ3n) is 4.21. The van der Waals surface area contributed by atoms with Gasteiger partial charge in [-0.05, 0) is 24.3 Å². The molecule has 0 aliphatic carbocycles. The number of nitrogens with zero attached hydrogens (tertiary/aromatic N) is 1. The first-order chi connectivity index (χ1) is 13.7. The highest BCUT2D eigenvalue weighted by molar-refractivity contribution is 5.92. The van der Waals surface area contributed by atoms with E-state index in [1.807, 2.05) is 30.3 Å². The number of fused-ring (bicyclic) bond motifs is 1. The fraction of sp³-hybridized carbons (Fsp3) is 0.143. The molecule has 28 heavy (non-hydrogen) atoms. The van der Waals surface area contributed by atoms with E-state index in [0.717, 1.165) is 11.0 Å². The van der Waals surface area contributed by atoms with Crippen molar-refractivity contribution in [3.05, 3.63) is 65.9 Å². The molecule has 4 aromatic rings. The molecule has 0 aliphatic rings. The maximum Gasteiger partial charge on any atom is 0.342 e. The zero-order valence-electron chi connectivity index (χ0n) is 15.3. The highest BCUT2D eigenvalue weighted by Gasteiger charge is 2.17. The van der Waals surface area contributed by atoms with Crippen LogP contribution in [0, 0.1) is 0 Å². The number of esters is 1. The Hall–Kier alpha value is -3.74. The van der Waals surface area contributed by atoms with Crippen LogP contribution in [0.25, 0.3) is 22.5 Å². The second-order valence-corrected chi connectivity index (χ2v) is 5.97. The average Bonchev–Trinajstić information content (AvgIpc) is 3.38. The molecule has 0 spiro atoms. The van der Waals surface area contributed by atoms with Crippen molar-refractivity contribution in [2.75, 3.05) is 14.2 Å². The van der Waals surface area contributed by atoms with Crippen LogP contribution in [0.3, 0.4) is 0 Å².